The molecule has 2 aliphatic rings. The van der Waals surface area contributed by atoms with Gasteiger partial charge in [-0.3, -0.25) is 4.90 Å². The van der Waals surface area contributed by atoms with Gasteiger partial charge in [0.15, 0.2) is 0 Å². The average Bonchev–Trinajstić information content (AvgIpc) is 2.37. The van der Waals surface area contributed by atoms with Gasteiger partial charge in [0.1, 0.15) is 30.6 Å². The molecule has 0 radical (unpaired) electrons. The van der Waals surface area contributed by atoms with Gasteiger partial charge >= 0.3 is 0 Å². The van der Waals surface area contributed by atoms with Crippen LogP contribution < -0.4 is 0 Å². The second kappa shape index (κ2) is 5.60. The molecule has 0 aromatic rings. The number of hydrogen-bond donors (Lipinski definition) is 4. The van der Waals surface area contributed by atoms with Crippen molar-refractivity contribution in [1.29, 1.82) is 0 Å². The van der Waals surface area contributed by atoms with Gasteiger partial charge in [-0.1, -0.05) is 6.42 Å². The predicted molar refractivity (Wildman–Crippen MR) is 59.2 cm³/mol. The third-order valence-electron chi connectivity index (χ3n) is 3.62. The Kier molecular flexibility index (Phi) is 4.35. The second-order valence-corrected chi connectivity index (χ2v) is 4.82. The summed E-state index contributed by atoms with van der Waals surface area (Å²) in [5.74, 6) is 0. The zero-order valence-electron chi connectivity index (χ0n) is 9.77. The Morgan fingerprint density at radius 1 is 0.941 bits per heavy atom. The molecule has 2 saturated heterocycles. The lowest BCUT2D eigenvalue weighted by Crippen LogP contribution is -2.63. The van der Waals surface area contributed by atoms with Gasteiger partial charge in [0.05, 0.1) is 6.61 Å². The van der Waals surface area contributed by atoms with Crippen LogP contribution >= 0.6 is 0 Å². The summed E-state index contributed by atoms with van der Waals surface area (Å²) in [5.41, 5.74) is 0. The first-order chi connectivity index (χ1) is 8.15. The van der Waals surface area contributed by atoms with E-state index < -0.39 is 30.6 Å². The van der Waals surface area contributed by atoms with Gasteiger partial charge in [-0.15, -0.1) is 0 Å². The quantitative estimate of drug-likeness (QED) is 0.463. The van der Waals surface area contributed by atoms with Gasteiger partial charge in [0.25, 0.3) is 0 Å². The maximum atomic E-state index is 9.92. The fourth-order valence-electron chi connectivity index (χ4n) is 2.56. The molecule has 2 heterocycles. The van der Waals surface area contributed by atoms with Crippen LogP contribution in [-0.4, -0.2) is 75.7 Å². The summed E-state index contributed by atoms with van der Waals surface area (Å²) in [6.07, 6.45) is -1.88. The number of likely N-dealkylation sites (tertiary alicyclic amines) is 1. The molecule has 17 heavy (non-hydrogen) atoms. The Balaban J connectivity index is 2.04. The largest absolute Gasteiger partial charge is 0.394 e. The molecule has 0 aromatic carbocycles. The number of aliphatic hydroxyl groups is 4. The summed E-state index contributed by atoms with van der Waals surface area (Å²) in [4.78, 5) is 1.96. The van der Waals surface area contributed by atoms with Crippen LogP contribution in [0.1, 0.15) is 19.3 Å². The average molecular weight is 247 g/mol. The molecule has 4 N–H and O–H groups in total. The predicted octanol–water partition coefficient (Wildman–Crippen LogP) is -1.73. The molecule has 100 valence electrons. The van der Waals surface area contributed by atoms with E-state index in [0.717, 1.165) is 32.4 Å². The Morgan fingerprint density at radius 2 is 1.59 bits per heavy atom. The smallest absolute Gasteiger partial charge is 0.140 e. The molecule has 1 unspecified atom stereocenters. The molecule has 0 spiro atoms. The Morgan fingerprint density at radius 3 is 2.18 bits per heavy atom. The van der Waals surface area contributed by atoms with Crippen molar-refractivity contribution >= 4 is 0 Å². The van der Waals surface area contributed by atoms with Gasteiger partial charge in [0.2, 0.25) is 0 Å². The van der Waals surface area contributed by atoms with E-state index >= 15 is 0 Å². The van der Waals surface area contributed by atoms with Crippen molar-refractivity contribution in [2.45, 2.75) is 49.9 Å². The van der Waals surface area contributed by atoms with Crippen LogP contribution in [0.15, 0.2) is 0 Å². The summed E-state index contributed by atoms with van der Waals surface area (Å²) in [5, 5.41) is 38.3. The summed E-state index contributed by atoms with van der Waals surface area (Å²) in [7, 11) is 0. The Labute approximate surface area is 100 Å². The fraction of sp³-hybridized carbons (Fsp3) is 1.00. The molecule has 0 amide bonds. The molecule has 6 heteroatoms. The number of rotatable bonds is 2. The molecule has 2 aliphatic heterocycles. The molecule has 6 nitrogen and oxygen atoms in total. The van der Waals surface area contributed by atoms with Crippen LogP contribution in [0.5, 0.6) is 0 Å². The van der Waals surface area contributed by atoms with Crippen LogP contribution in [0.3, 0.4) is 0 Å². The lowest BCUT2D eigenvalue weighted by Gasteiger charge is -2.45. The number of piperidine rings is 1. The van der Waals surface area contributed by atoms with Crippen molar-refractivity contribution < 1.29 is 25.2 Å². The van der Waals surface area contributed by atoms with Crippen molar-refractivity contribution in [2.24, 2.45) is 0 Å². The third kappa shape index (κ3) is 2.62. The summed E-state index contributed by atoms with van der Waals surface area (Å²) in [6.45, 7) is 1.25. The monoisotopic (exact) mass is 247 g/mol. The highest BCUT2D eigenvalue weighted by Gasteiger charge is 2.45. The molecule has 0 aliphatic carbocycles. The van der Waals surface area contributed by atoms with E-state index in [0.29, 0.717) is 0 Å². The summed E-state index contributed by atoms with van der Waals surface area (Å²) >= 11 is 0. The summed E-state index contributed by atoms with van der Waals surface area (Å²) < 4.78 is 5.49. The number of ether oxygens (including phenoxy) is 1. The first kappa shape index (κ1) is 13.2. The lowest BCUT2D eigenvalue weighted by molar-refractivity contribution is -0.266. The van der Waals surface area contributed by atoms with Crippen LogP contribution in [-0.2, 0) is 4.74 Å². The molecule has 0 bridgehead atoms. The van der Waals surface area contributed by atoms with Crippen molar-refractivity contribution in [2.75, 3.05) is 19.7 Å². The first-order valence-electron chi connectivity index (χ1n) is 6.19. The first-order valence-corrected chi connectivity index (χ1v) is 6.19. The van der Waals surface area contributed by atoms with E-state index in [2.05, 4.69) is 0 Å². The molecule has 2 fully saturated rings. The van der Waals surface area contributed by atoms with Crippen molar-refractivity contribution in [1.82, 2.24) is 4.90 Å². The van der Waals surface area contributed by atoms with E-state index in [4.69, 9.17) is 9.84 Å². The van der Waals surface area contributed by atoms with E-state index in [1.807, 2.05) is 4.90 Å². The van der Waals surface area contributed by atoms with E-state index in [1.165, 1.54) is 0 Å². The zero-order chi connectivity index (χ0) is 12.4. The molecule has 0 aromatic heterocycles. The Bertz CT molecular complexity index is 242. The lowest BCUT2D eigenvalue weighted by atomic mass is 9.97. The highest BCUT2D eigenvalue weighted by molar-refractivity contribution is 4.92. The minimum atomic E-state index is -1.27. The topological polar surface area (TPSA) is 93.4 Å². The van der Waals surface area contributed by atoms with Gasteiger partial charge in [-0.2, -0.15) is 0 Å². The van der Waals surface area contributed by atoms with Crippen molar-refractivity contribution in [3.05, 3.63) is 0 Å². The molecule has 0 saturated carbocycles. The number of nitrogens with zero attached hydrogens (tertiary/aromatic N) is 1. The number of hydrogen-bond acceptors (Lipinski definition) is 6. The molecular formula is C11H21NO5. The van der Waals surface area contributed by atoms with Crippen LogP contribution in [0, 0.1) is 0 Å². The van der Waals surface area contributed by atoms with Crippen LogP contribution in [0.25, 0.3) is 0 Å². The van der Waals surface area contributed by atoms with Crippen LogP contribution in [0.4, 0.5) is 0 Å². The molecule has 5 atom stereocenters. The SMILES string of the molecule is OC[C@H]1OC(N2CCCCC2)[C@H](O)[C@@H](O)[C@@H]1O. The van der Waals surface area contributed by atoms with Gasteiger partial charge in [0, 0.05) is 13.1 Å². The highest BCUT2D eigenvalue weighted by atomic mass is 16.6. The standard InChI is InChI=1S/C11H21NO5/c13-6-7-8(14)9(15)10(16)11(17-7)12-4-2-1-3-5-12/h7-11,13-16H,1-6H2/t7-,8-,9+,10-,11?/m1/s1. The zero-order valence-corrected chi connectivity index (χ0v) is 9.77. The molecular weight excluding hydrogens is 226 g/mol. The van der Waals surface area contributed by atoms with Gasteiger partial charge < -0.3 is 25.2 Å². The van der Waals surface area contributed by atoms with E-state index in [-0.39, 0.29) is 6.61 Å². The van der Waals surface area contributed by atoms with Crippen molar-refractivity contribution in [3.8, 4) is 0 Å². The normalized spacial score (nSPS) is 44.8. The van der Waals surface area contributed by atoms with Gasteiger partial charge in [-0.25, -0.2) is 0 Å². The number of aliphatic hydroxyl groups excluding tert-OH is 4. The maximum Gasteiger partial charge on any atom is 0.140 e. The minimum Gasteiger partial charge on any atom is -0.394 e. The highest BCUT2D eigenvalue weighted by Crippen LogP contribution is 2.25. The maximum absolute atomic E-state index is 9.92. The fourth-order valence-corrected chi connectivity index (χ4v) is 2.56. The molecule has 2 rings (SSSR count). The van der Waals surface area contributed by atoms with E-state index in [1.54, 1.807) is 0 Å². The van der Waals surface area contributed by atoms with Crippen molar-refractivity contribution in [3.63, 3.8) is 0 Å². The van der Waals surface area contributed by atoms with Crippen LogP contribution in [0.2, 0.25) is 0 Å². The van der Waals surface area contributed by atoms with E-state index in [9.17, 15) is 15.3 Å². The minimum absolute atomic E-state index is 0.366. The Hall–Kier alpha value is -0.240. The summed E-state index contributed by atoms with van der Waals surface area (Å²) in [6, 6.07) is 0. The second-order valence-electron chi connectivity index (χ2n) is 4.82. The van der Waals surface area contributed by atoms with Gasteiger partial charge in [-0.05, 0) is 12.8 Å². The third-order valence-corrected chi connectivity index (χ3v) is 3.62.